The van der Waals surface area contributed by atoms with E-state index in [-0.39, 0.29) is 5.76 Å². The van der Waals surface area contributed by atoms with Gasteiger partial charge in [-0.15, -0.1) is 10.2 Å². The molecule has 0 saturated carbocycles. The van der Waals surface area contributed by atoms with Crippen LogP contribution < -0.4 is 11.1 Å². The minimum atomic E-state index is -0.377. The summed E-state index contributed by atoms with van der Waals surface area (Å²) >= 11 is 1.41. The zero-order chi connectivity index (χ0) is 12.5. The van der Waals surface area contributed by atoms with Crippen molar-refractivity contribution in [2.45, 2.75) is 6.54 Å². The molecule has 1 N–H and O–H groups in total. The summed E-state index contributed by atoms with van der Waals surface area (Å²) in [6.07, 6.45) is 0. The molecule has 0 aliphatic carbocycles. The summed E-state index contributed by atoms with van der Waals surface area (Å²) in [6.45, 7) is 0.370. The number of nitrogens with zero attached hydrogens (tertiary/aromatic N) is 3. The van der Waals surface area contributed by atoms with E-state index in [1.165, 1.54) is 11.3 Å². The van der Waals surface area contributed by atoms with E-state index >= 15 is 0 Å². The second kappa shape index (κ2) is 4.26. The van der Waals surface area contributed by atoms with Crippen molar-refractivity contribution in [1.29, 1.82) is 0 Å². The highest BCUT2D eigenvalue weighted by atomic mass is 32.1. The number of hydrogen-bond donors (Lipinski definition) is 1. The van der Waals surface area contributed by atoms with Crippen LogP contribution >= 0.6 is 11.3 Å². The Balaban J connectivity index is 2.04. The summed E-state index contributed by atoms with van der Waals surface area (Å²) in [7, 11) is 1.78. The van der Waals surface area contributed by atoms with Gasteiger partial charge in [0.2, 0.25) is 5.13 Å². The van der Waals surface area contributed by atoms with Crippen molar-refractivity contribution in [3.05, 3.63) is 39.8 Å². The third-order valence-corrected chi connectivity index (χ3v) is 3.47. The van der Waals surface area contributed by atoms with Crippen LogP contribution in [0.25, 0.3) is 11.1 Å². The van der Waals surface area contributed by atoms with Crippen molar-refractivity contribution in [3.8, 4) is 0 Å². The molecule has 0 aliphatic rings. The number of oxazole rings is 1. The molecule has 6 nitrogen and oxygen atoms in total. The molecule has 0 spiro atoms. The highest BCUT2D eigenvalue weighted by Gasteiger charge is 2.11. The van der Waals surface area contributed by atoms with Gasteiger partial charge in [-0.1, -0.05) is 23.5 Å². The largest absolute Gasteiger partial charge is 0.420 e. The lowest BCUT2D eigenvalue weighted by atomic mass is 10.3. The summed E-state index contributed by atoms with van der Waals surface area (Å²) in [4.78, 5) is 11.8. The second-order valence-corrected chi connectivity index (χ2v) is 4.73. The van der Waals surface area contributed by atoms with Gasteiger partial charge in [0.25, 0.3) is 0 Å². The van der Waals surface area contributed by atoms with Crippen LogP contribution in [0.2, 0.25) is 0 Å². The van der Waals surface area contributed by atoms with Gasteiger partial charge in [-0.2, -0.15) is 0 Å². The summed E-state index contributed by atoms with van der Waals surface area (Å²) in [5, 5.41) is 12.3. The fraction of sp³-hybridized carbons (Fsp3) is 0.182. The van der Waals surface area contributed by atoms with Gasteiger partial charge < -0.3 is 9.73 Å². The number of aromatic nitrogens is 3. The third kappa shape index (κ3) is 1.78. The number of fused-ring (bicyclic) bond motifs is 1. The lowest BCUT2D eigenvalue weighted by Gasteiger charge is -1.96. The summed E-state index contributed by atoms with van der Waals surface area (Å²) in [5.41, 5.74) is 1.35. The third-order valence-electron chi connectivity index (χ3n) is 2.55. The van der Waals surface area contributed by atoms with Crippen LogP contribution in [-0.4, -0.2) is 21.8 Å². The van der Waals surface area contributed by atoms with E-state index in [0.29, 0.717) is 12.1 Å². The van der Waals surface area contributed by atoms with E-state index in [4.69, 9.17) is 4.42 Å². The van der Waals surface area contributed by atoms with Crippen molar-refractivity contribution in [2.24, 2.45) is 0 Å². The summed E-state index contributed by atoms with van der Waals surface area (Å²) in [5.74, 6) is -0.377. The van der Waals surface area contributed by atoms with E-state index < -0.39 is 0 Å². The highest BCUT2D eigenvalue weighted by molar-refractivity contribution is 7.15. The average molecular weight is 262 g/mol. The van der Waals surface area contributed by atoms with Gasteiger partial charge in [-0.05, 0) is 12.1 Å². The van der Waals surface area contributed by atoms with Crippen LogP contribution in [0.1, 0.15) is 5.01 Å². The second-order valence-electron chi connectivity index (χ2n) is 3.67. The fourth-order valence-corrected chi connectivity index (χ4v) is 2.40. The Morgan fingerprint density at radius 2 is 2.22 bits per heavy atom. The number of nitrogens with one attached hydrogen (secondary N) is 1. The van der Waals surface area contributed by atoms with Crippen LogP contribution in [0, 0.1) is 0 Å². The Labute approximate surface area is 106 Å². The van der Waals surface area contributed by atoms with E-state index in [0.717, 1.165) is 15.7 Å². The van der Waals surface area contributed by atoms with Crippen LogP contribution in [-0.2, 0) is 6.54 Å². The first kappa shape index (κ1) is 11.0. The summed E-state index contributed by atoms with van der Waals surface area (Å²) in [6, 6.07) is 7.32. The molecular weight excluding hydrogens is 252 g/mol. The molecule has 2 aromatic heterocycles. The molecule has 3 aromatic rings. The molecule has 0 bridgehead atoms. The average Bonchev–Trinajstić information content (AvgIpc) is 2.96. The maximum atomic E-state index is 11.8. The van der Waals surface area contributed by atoms with Gasteiger partial charge in [-0.25, -0.2) is 4.79 Å². The van der Waals surface area contributed by atoms with Gasteiger partial charge in [0.1, 0.15) is 5.01 Å². The molecule has 0 unspecified atom stereocenters. The molecule has 0 amide bonds. The quantitative estimate of drug-likeness (QED) is 0.775. The van der Waals surface area contributed by atoms with Crippen molar-refractivity contribution in [3.63, 3.8) is 0 Å². The molecular formula is C11H10N4O2S. The maximum absolute atomic E-state index is 11.8. The van der Waals surface area contributed by atoms with Crippen LogP contribution in [0.4, 0.5) is 5.13 Å². The Kier molecular flexibility index (Phi) is 2.60. The predicted molar refractivity (Wildman–Crippen MR) is 69.0 cm³/mol. The minimum absolute atomic E-state index is 0.370. The Bertz CT molecular complexity index is 743. The van der Waals surface area contributed by atoms with Crippen molar-refractivity contribution < 1.29 is 4.42 Å². The molecule has 92 valence electrons. The fourth-order valence-electron chi connectivity index (χ4n) is 1.72. The lowest BCUT2D eigenvalue weighted by Crippen LogP contribution is -2.14. The summed E-state index contributed by atoms with van der Waals surface area (Å²) < 4.78 is 6.70. The number of hydrogen-bond acceptors (Lipinski definition) is 6. The number of para-hydroxylation sites is 2. The molecule has 0 atom stereocenters. The molecule has 7 heteroatoms. The van der Waals surface area contributed by atoms with Gasteiger partial charge in [0.05, 0.1) is 12.1 Å². The SMILES string of the molecule is CNc1nnc(Cn2c(=O)oc3ccccc32)s1. The highest BCUT2D eigenvalue weighted by Crippen LogP contribution is 2.17. The van der Waals surface area contributed by atoms with E-state index in [1.54, 1.807) is 17.7 Å². The van der Waals surface area contributed by atoms with Gasteiger partial charge in [-0.3, -0.25) is 4.57 Å². The van der Waals surface area contributed by atoms with Crippen LogP contribution in [0.3, 0.4) is 0 Å². The molecule has 2 heterocycles. The van der Waals surface area contributed by atoms with Gasteiger partial charge in [0, 0.05) is 7.05 Å². The van der Waals surface area contributed by atoms with E-state index in [2.05, 4.69) is 15.5 Å². The molecule has 0 radical (unpaired) electrons. The normalized spacial score (nSPS) is 10.9. The Morgan fingerprint density at radius 3 is 3.00 bits per heavy atom. The minimum Gasteiger partial charge on any atom is -0.408 e. The molecule has 1 aromatic carbocycles. The first-order chi connectivity index (χ1) is 8.78. The van der Waals surface area contributed by atoms with Gasteiger partial charge >= 0.3 is 5.76 Å². The monoisotopic (exact) mass is 262 g/mol. The maximum Gasteiger partial charge on any atom is 0.420 e. The molecule has 0 aliphatic heterocycles. The molecule has 18 heavy (non-hydrogen) atoms. The number of anilines is 1. The molecule has 0 fully saturated rings. The predicted octanol–water partition coefficient (Wildman–Crippen LogP) is 1.54. The van der Waals surface area contributed by atoms with E-state index in [9.17, 15) is 4.79 Å². The smallest absolute Gasteiger partial charge is 0.408 e. The van der Waals surface area contributed by atoms with Crippen molar-refractivity contribution in [2.75, 3.05) is 12.4 Å². The topological polar surface area (TPSA) is 73.0 Å². The van der Waals surface area contributed by atoms with Gasteiger partial charge in [0.15, 0.2) is 5.58 Å². The Morgan fingerprint density at radius 1 is 1.39 bits per heavy atom. The number of rotatable bonds is 3. The molecule has 3 rings (SSSR count). The first-order valence-electron chi connectivity index (χ1n) is 5.36. The van der Waals surface area contributed by atoms with Crippen LogP contribution in [0.5, 0.6) is 0 Å². The molecule has 0 saturated heterocycles. The standard InChI is InChI=1S/C11H10N4O2S/c1-12-10-14-13-9(18-10)6-15-7-4-2-3-5-8(7)17-11(15)16/h2-5H,6H2,1H3,(H,12,14). The van der Waals surface area contributed by atoms with Crippen LogP contribution in [0.15, 0.2) is 33.5 Å². The lowest BCUT2D eigenvalue weighted by molar-refractivity contribution is 0.517. The van der Waals surface area contributed by atoms with Crippen molar-refractivity contribution >= 4 is 27.6 Å². The first-order valence-corrected chi connectivity index (χ1v) is 6.18. The Hall–Kier alpha value is -2.15. The van der Waals surface area contributed by atoms with E-state index in [1.807, 2.05) is 18.2 Å². The van der Waals surface area contributed by atoms with Crippen molar-refractivity contribution in [1.82, 2.24) is 14.8 Å². The zero-order valence-corrected chi connectivity index (χ0v) is 10.4. The number of benzene rings is 1. The zero-order valence-electron chi connectivity index (χ0n) is 9.58.